The number of para-hydroxylation sites is 2. The van der Waals surface area contributed by atoms with E-state index >= 15 is 0 Å². The minimum atomic E-state index is -0.491. The van der Waals surface area contributed by atoms with Gasteiger partial charge in [0.25, 0.3) is 5.91 Å². The molecule has 1 aliphatic rings. The molecule has 1 N–H and O–H groups in total. The molecule has 1 amide bonds. The molecule has 6 nitrogen and oxygen atoms in total. The first-order chi connectivity index (χ1) is 18.5. The molecule has 0 aliphatic carbocycles. The summed E-state index contributed by atoms with van der Waals surface area (Å²) in [5.74, 6) is 0.131. The van der Waals surface area contributed by atoms with Gasteiger partial charge in [0, 0.05) is 43.6 Å². The maximum atomic E-state index is 14.2. The van der Waals surface area contributed by atoms with E-state index in [2.05, 4.69) is 15.2 Å². The average molecular weight is 552 g/mol. The average Bonchev–Trinajstić information content (AvgIpc) is 2.93. The van der Waals surface area contributed by atoms with E-state index in [1.807, 2.05) is 17.0 Å². The number of thioether (sulfide) groups is 1. The Morgan fingerprint density at radius 3 is 2.34 bits per heavy atom. The molecule has 0 spiro atoms. The summed E-state index contributed by atoms with van der Waals surface area (Å²) in [5.41, 5.74) is 2.05. The van der Waals surface area contributed by atoms with Gasteiger partial charge in [-0.05, 0) is 42.0 Å². The topological polar surface area (TPSA) is 61.4 Å². The van der Waals surface area contributed by atoms with E-state index in [1.54, 1.807) is 48.5 Å². The van der Waals surface area contributed by atoms with Crippen LogP contribution < -0.4 is 15.1 Å². The van der Waals surface area contributed by atoms with E-state index in [0.29, 0.717) is 53.5 Å². The normalized spacial score (nSPS) is 13.4. The highest BCUT2D eigenvalue weighted by Crippen LogP contribution is 2.27. The van der Waals surface area contributed by atoms with Gasteiger partial charge in [0.1, 0.15) is 22.6 Å². The third kappa shape index (κ3) is 6.23. The van der Waals surface area contributed by atoms with Crippen LogP contribution in [0.1, 0.15) is 15.9 Å². The van der Waals surface area contributed by atoms with Gasteiger partial charge in [0.05, 0.1) is 11.4 Å². The lowest BCUT2D eigenvalue weighted by atomic mass is 10.1. The first kappa shape index (κ1) is 25.9. The molecule has 194 valence electrons. The highest BCUT2D eigenvalue weighted by molar-refractivity contribution is 7.98. The Kier molecular flexibility index (Phi) is 8.05. The molecular weight excluding hydrogens is 528 g/mol. The van der Waals surface area contributed by atoms with Crippen LogP contribution in [0.5, 0.6) is 0 Å². The minimum absolute atomic E-state index is 0.131. The second kappa shape index (κ2) is 11.8. The molecule has 38 heavy (non-hydrogen) atoms. The summed E-state index contributed by atoms with van der Waals surface area (Å²) < 4.78 is 28.1. The molecule has 5 rings (SSSR count). The molecule has 1 aliphatic heterocycles. The number of amides is 1. The first-order valence-corrected chi connectivity index (χ1v) is 13.4. The maximum Gasteiger partial charge on any atom is 0.255 e. The Labute approximate surface area is 228 Å². The number of rotatable bonds is 7. The van der Waals surface area contributed by atoms with E-state index in [4.69, 9.17) is 16.6 Å². The predicted molar refractivity (Wildman–Crippen MR) is 148 cm³/mol. The van der Waals surface area contributed by atoms with Gasteiger partial charge in [0.2, 0.25) is 0 Å². The zero-order valence-corrected chi connectivity index (χ0v) is 21.9. The lowest BCUT2D eigenvalue weighted by Crippen LogP contribution is -2.47. The van der Waals surface area contributed by atoms with Gasteiger partial charge >= 0.3 is 0 Å². The molecule has 0 saturated carbocycles. The number of benzene rings is 3. The monoisotopic (exact) mass is 551 g/mol. The molecule has 0 unspecified atom stereocenters. The standard InChI is InChI=1S/C28H24ClF2N5OS/c29-25-17-26(36-14-12-35(13-15-36)24-11-4-2-9-22(24)31)34-28(33-25)38-18-19-6-5-7-20(16-19)27(37)32-23-10-3-1-8-21(23)30/h1-11,16-17H,12-15,18H2,(H,32,37). The van der Waals surface area contributed by atoms with Crippen LogP contribution >= 0.6 is 23.4 Å². The molecule has 10 heteroatoms. The van der Waals surface area contributed by atoms with Gasteiger partial charge in [-0.1, -0.05) is 59.8 Å². The fraction of sp³-hybridized carbons (Fsp3) is 0.179. The van der Waals surface area contributed by atoms with Crippen molar-refractivity contribution in [3.8, 4) is 0 Å². The van der Waals surface area contributed by atoms with E-state index in [0.717, 1.165) is 11.4 Å². The fourth-order valence-corrected chi connectivity index (χ4v) is 5.23. The van der Waals surface area contributed by atoms with Crippen molar-refractivity contribution in [2.45, 2.75) is 10.9 Å². The third-order valence-corrected chi connectivity index (χ3v) is 7.25. The van der Waals surface area contributed by atoms with Gasteiger partial charge in [-0.2, -0.15) is 0 Å². The van der Waals surface area contributed by atoms with Crippen LogP contribution in [0, 0.1) is 11.6 Å². The van der Waals surface area contributed by atoms with Gasteiger partial charge in [0.15, 0.2) is 5.16 Å². The second-order valence-corrected chi connectivity index (χ2v) is 10.0. The Balaban J connectivity index is 1.22. The number of anilines is 3. The quantitative estimate of drug-likeness (QED) is 0.166. The first-order valence-electron chi connectivity index (χ1n) is 12.0. The van der Waals surface area contributed by atoms with Gasteiger partial charge < -0.3 is 15.1 Å². The van der Waals surface area contributed by atoms with E-state index < -0.39 is 11.7 Å². The smallest absolute Gasteiger partial charge is 0.255 e. The van der Waals surface area contributed by atoms with Crippen LogP contribution in [0.3, 0.4) is 0 Å². The number of aromatic nitrogens is 2. The lowest BCUT2D eigenvalue weighted by Gasteiger charge is -2.36. The fourth-order valence-electron chi connectivity index (χ4n) is 4.20. The number of hydrogen-bond acceptors (Lipinski definition) is 6. The van der Waals surface area contributed by atoms with Crippen molar-refractivity contribution in [2.75, 3.05) is 41.3 Å². The Bertz CT molecular complexity index is 1450. The van der Waals surface area contributed by atoms with Crippen molar-refractivity contribution in [1.29, 1.82) is 0 Å². The molecule has 0 bridgehead atoms. The number of piperazine rings is 1. The zero-order valence-electron chi connectivity index (χ0n) is 20.3. The van der Waals surface area contributed by atoms with Gasteiger partial charge in [-0.3, -0.25) is 4.79 Å². The van der Waals surface area contributed by atoms with E-state index in [9.17, 15) is 13.6 Å². The van der Waals surface area contributed by atoms with Gasteiger partial charge in [-0.15, -0.1) is 0 Å². The lowest BCUT2D eigenvalue weighted by molar-refractivity contribution is 0.102. The largest absolute Gasteiger partial charge is 0.366 e. The van der Waals surface area contributed by atoms with Crippen molar-refractivity contribution >= 4 is 46.5 Å². The number of hydrogen-bond donors (Lipinski definition) is 1. The van der Waals surface area contributed by atoms with Crippen molar-refractivity contribution in [3.63, 3.8) is 0 Å². The van der Waals surface area contributed by atoms with Crippen LogP contribution in [0.25, 0.3) is 0 Å². The molecule has 1 saturated heterocycles. The Morgan fingerprint density at radius 2 is 1.58 bits per heavy atom. The van der Waals surface area contributed by atoms with Crippen LogP contribution in [0.4, 0.5) is 26.0 Å². The molecule has 3 aromatic carbocycles. The van der Waals surface area contributed by atoms with Gasteiger partial charge in [-0.25, -0.2) is 18.7 Å². The molecule has 0 atom stereocenters. The van der Waals surface area contributed by atoms with Crippen LogP contribution in [0.15, 0.2) is 84.0 Å². The summed E-state index contributed by atoms with van der Waals surface area (Å²) in [6.45, 7) is 2.66. The summed E-state index contributed by atoms with van der Waals surface area (Å²) in [6, 6.07) is 21.7. The maximum absolute atomic E-state index is 14.2. The Hall–Kier alpha value is -3.69. The summed E-state index contributed by atoms with van der Waals surface area (Å²) in [4.78, 5) is 25.8. The number of carbonyl (C=O) groups excluding carboxylic acids is 1. The molecular formula is C28H24ClF2N5OS. The number of nitrogens with one attached hydrogen (secondary N) is 1. The molecule has 1 fully saturated rings. The third-order valence-electron chi connectivity index (χ3n) is 6.14. The van der Waals surface area contributed by atoms with Crippen molar-refractivity contribution in [3.05, 3.63) is 107 Å². The molecule has 1 aromatic heterocycles. The Morgan fingerprint density at radius 1 is 0.868 bits per heavy atom. The number of halogens is 3. The predicted octanol–water partition coefficient (Wildman–Crippen LogP) is 6.28. The van der Waals surface area contributed by atoms with Crippen molar-refractivity contribution in [1.82, 2.24) is 9.97 Å². The molecule has 2 heterocycles. The molecule has 4 aromatic rings. The minimum Gasteiger partial charge on any atom is -0.366 e. The van der Waals surface area contributed by atoms with Crippen LogP contribution in [-0.4, -0.2) is 42.1 Å². The summed E-state index contributed by atoms with van der Waals surface area (Å²) in [6.07, 6.45) is 0. The second-order valence-electron chi connectivity index (χ2n) is 8.68. The zero-order chi connectivity index (χ0) is 26.5. The SMILES string of the molecule is O=C(Nc1ccccc1F)c1cccc(CSc2nc(Cl)cc(N3CCN(c4ccccc4F)CC3)n2)c1. The van der Waals surface area contributed by atoms with Crippen LogP contribution in [-0.2, 0) is 5.75 Å². The van der Waals surface area contributed by atoms with E-state index in [1.165, 1.54) is 30.0 Å². The summed E-state index contributed by atoms with van der Waals surface area (Å²) >= 11 is 7.73. The molecule has 0 radical (unpaired) electrons. The van der Waals surface area contributed by atoms with E-state index in [-0.39, 0.29) is 11.5 Å². The van der Waals surface area contributed by atoms with Crippen molar-refractivity contribution in [2.24, 2.45) is 0 Å². The summed E-state index contributed by atoms with van der Waals surface area (Å²) in [7, 11) is 0. The number of nitrogens with zero attached hydrogens (tertiary/aromatic N) is 4. The highest BCUT2D eigenvalue weighted by Gasteiger charge is 2.21. The van der Waals surface area contributed by atoms with Crippen molar-refractivity contribution < 1.29 is 13.6 Å². The number of carbonyl (C=O) groups is 1. The highest BCUT2D eigenvalue weighted by atomic mass is 35.5. The van der Waals surface area contributed by atoms with Crippen LogP contribution in [0.2, 0.25) is 5.15 Å². The summed E-state index contributed by atoms with van der Waals surface area (Å²) in [5, 5.41) is 3.46.